The van der Waals surface area contributed by atoms with Crippen LogP contribution in [-0.4, -0.2) is 49.5 Å². The van der Waals surface area contributed by atoms with Crippen molar-refractivity contribution in [3.63, 3.8) is 0 Å². The molecule has 1 saturated carbocycles. The number of hydrogen-bond donors (Lipinski definition) is 1. The normalized spacial score (nSPS) is 16.2. The van der Waals surface area contributed by atoms with E-state index in [0.29, 0.717) is 5.92 Å². The number of likely N-dealkylation sites (tertiary alicyclic amines) is 1. The van der Waals surface area contributed by atoms with Crippen molar-refractivity contribution >= 4 is 45.0 Å². The molecule has 8 heteroatoms. The lowest BCUT2D eigenvalue weighted by atomic mass is 9.82. The Labute approximate surface area is 261 Å². The van der Waals surface area contributed by atoms with Crippen LogP contribution in [-0.2, 0) is 11.3 Å². The second kappa shape index (κ2) is 11.8. The highest BCUT2D eigenvalue weighted by molar-refractivity contribution is 7.15. The molecule has 2 fully saturated rings. The summed E-state index contributed by atoms with van der Waals surface area (Å²) in [5.41, 5.74) is 7.24. The largest absolute Gasteiger partial charge is 0.478 e. The smallest absolute Gasteiger partial charge is 0.335 e. The van der Waals surface area contributed by atoms with Gasteiger partial charge in [-0.25, -0.2) is 14.8 Å². The van der Waals surface area contributed by atoms with Gasteiger partial charge in [-0.1, -0.05) is 31.4 Å². The first-order chi connectivity index (χ1) is 21.4. The first kappa shape index (κ1) is 28.7. The maximum Gasteiger partial charge on any atom is 0.335 e. The number of rotatable bonds is 6. The van der Waals surface area contributed by atoms with Gasteiger partial charge in [-0.05, 0) is 99.4 Å². The predicted octanol–water partition coefficient (Wildman–Crippen LogP) is 8.36. The quantitative estimate of drug-likeness (QED) is 0.210. The van der Waals surface area contributed by atoms with Gasteiger partial charge in [0, 0.05) is 35.1 Å². The van der Waals surface area contributed by atoms with Crippen LogP contribution < -0.4 is 0 Å². The van der Waals surface area contributed by atoms with Crippen molar-refractivity contribution in [2.75, 3.05) is 13.1 Å². The Bertz CT molecular complexity index is 1890. The second-order valence-electron chi connectivity index (χ2n) is 12.5. The number of piperidine rings is 1. The van der Waals surface area contributed by atoms with Crippen molar-refractivity contribution in [1.29, 1.82) is 0 Å². The van der Waals surface area contributed by atoms with Crippen LogP contribution in [0.2, 0.25) is 0 Å². The monoisotopic (exact) mass is 606 g/mol. The van der Waals surface area contributed by atoms with Crippen molar-refractivity contribution in [2.24, 2.45) is 0 Å². The summed E-state index contributed by atoms with van der Waals surface area (Å²) in [6.07, 6.45) is 9.33. The lowest BCUT2D eigenvalue weighted by Gasteiger charge is -2.27. The predicted molar refractivity (Wildman–Crippen MR) is 176 cm³/mol. The number of amides is 1. The number of aromatic carboxylic acids is 1. The van der Waals surface area contributed by atoms with E-state index in [1.807, 2.05) is 15.5 Å². The fourth-order valence-corrected chi connectivity index (χ4v) is 8.12. The van der Waals surface area contributed by atoms with Gasteiger partial charge in [-0.15, -0.1) is 11.3 Å². The van der Waals surface area contributed by atoms with Gasteiger partial charge in [0.2, 0.25) is 5.91 Å². The van der Waals surface area contributed by atoms with Gasteiger partial charge in [0.1, 0.15) is 6.54 Å². The van der Waals surface area contributed by atoms with E-state index >= 15 is 0 Å². The standard InChI is InChI=1S/C36H38N4O3S/c1-22-35(44-23(2)37-22)34-29(24-9-5-3-6-10-24)18-28-17-25(13-14-30(28)38-34)31-19-26-11-12-27(36(42)43)20-32(26)40(31)21-33(41)39-15-7-4-8-16-39/h11-14,17-20,24H,3-10,15-16,21H2,1-2H3,(H,42,43). The van der Waals surface area contributed by atoms with E-state index in [4.69, 9.17) is 9.97 Å². The minimum atomic E-state index is -0.974. The molecule has 1 saturated heterocycles. The molecule has 1 amide bonds. The zero-order valence-corrected chi connectivity index (χ0v) is 26.3. The Morgan fingerprint density at radius 1 is 0.886 bits per heavy atom. The molecule has 0 unspecified atom stereocenters. The second-order valence-corrected chi connectivity index (χ2v) is 13.7. The van der Waals surface area contributed by atoms with Crippen molar-refractivity contribution < 1.29 is 14.7 Å². The summed E-state index contributed by atoms with van der Waals surface area (Å²) >= 11 is 1.72. The number of benzene rings is 2. The summed E-state index contributed by atoms with van der Waals surface area (Å²) in [6.45, 7) is 5.87. The van der Waals surface area contributed by atoms with Crippen LogP contribution >= 0.6 is 11.3 Å². The summed E-state index contributed by atoms with van der Waals surface area (Å²) in [5.74, 6) is -0.423. The molecule has 7 nitrogen and oxygen atoms in total. The molecule has 3 aromatic heterocycles. The van der Waals surface area contributed by atoms with Crippen LogP contribution in [0.1, 0.15) is 83.9 Å². The molecule has 2 aromatic carbocycles. The highest BCUT2D eigenvalue weighted by Crippen LogP contribution is 2.42. The fraction of sp³-hybridized carbons (Fsp3) is 0.389. The molecule has 44 heavy (non-hydrogen) atoms. The van der Waals surface area contributed by atoms with Crippen LogP contribution in [0.3, 0.4) is 0 Å². The zero-order chi connectivity index (χ0) is 30.4. The minimum absolute atomic E-state index is 0.0751. The van der Waals surface area contributed by atoms with E-state index in [2.05, 4.69) is 44.2 Å². The van der Waals surface area contributed by atoms with E-state index in [0.717, 1.165) is 81.8 Å². The molecule has 0 spiro atoms. The summed E-state index contributed by atoms with van der Waals surface area (Å²) in [4.78, 5) is 38.5. The zero-order valence-electron chi connectivity index (χ0n) is 25.4. The summed E-state index contributed by atoms with van der Waals surface area (Å²) < 4.78 is 2.01. The van der Waals surface area contributed by atoms with E-state index in [1.165, 1.54) is 42.5 Å². The molecular formula is C36H38N4O3S. The Morgan fingerprint density at radius 2 is 1.66 bits per heavy atom. The Balaban J connectivity index is 1.36. The summed E-state index contributed by atoms with van der Waals surface area (Å²) in [6, 6.07) is 16.0. The van der Waals surface area contributed by atoms with Crippen molar-refractivity contribution in [3.05, 3.63) is 70.4 Å². The Kier molecular flexibility index (Phi) is 7.70. The molecule has 0 atom stereocenters. The first-order valence-electron chi connectivity index (χ1n) is 15.9. The van der Waals surface area contributed by atoms with E-state index in [-0.39, 0.29) is 18.0 Å². The molecule has 4 heterocycles. The number of aromatic nitrogens is 3. The van der Waals surface area contributed by atoms with Gasteiger partial charge >= 0.3 is 5.97 Å². The van der Waals surface area contributed by atoms with Crippen LogP contribution in [0, 0.1) is 13.8 Å². The van der Waals surface area contributed by atoms with E-state index in [9.17, 15) is 14.7 Å². The number of hydrogen-bond acceptors (Lipinski definition) is 5. The number of carbonyl (C=O) groups is 2. The van der Waals surface area contributed by atoms with Gasteiger partial charge in [-0.3, -0.25) is 4.79 Å². The lowest BCUT2D eigenvalue weighted by molar-refractivity contribution is -0.132. The highest BCUT2D eigenvalue weighted by atomic mass is 32.1. The van der Waals surface area contributed by atoms with Crippen LogP contribution in [0.15, 0.2) is 48.5 Å². The number of carbonyl (C=O) groups excluding carboxylic acids is 1. The fourth-order valence-electron chi connectivity index (χ4n) is 7.19. The number of thiazole rings is 1. The molecule has 0 radical (unpaired) electrons. The van der Waals surface area contributed by atoms with Crippen LogP contribution in [0.25, 0.3) is 43.6 Å². The number of aryl methyl sites for hydroxylation is 2. The summed E-state index contributed by atoms with van der Waals surface area (Å²) in [5, 5.41) is 12.8. The van der Waals surface area contributed by atoms with Crippen molar-refractivity contribution in [2.45, 2.75) is 77.7 Å². The molecule has 226 valence electrons. The third-order valence-electron chi connectivity index (χ3n) is 9.46. The topological polar surface area (TPSA) is 88.3 Å². The SMILES string of the molecule is Cc1nc(C)c(-c2nc3ccc(-c4cc5ccc(C(=O)O)cc5n4CC(=O)N4CCCCC4)cc3cc2C2CCCCC2)s1. The third-order valence-corrected chi connectivity index (χ3v) is 10.5. The molecule has 5 aromatic rings. The van der Waals surface area contributed by atoms with E-state index in [1.54, 1.807) is 23.5 Å². The van der Waals surface area contributed by atoms with Crippen LogP contribution in [0.4, 0.5) is 0 Å². The number of pyridine rings is 1. The molecule has 1 aliphatic carbocycles. The van der Waals surface area contributed by atoms with Crippen molar-refractivity contribution in [1.82, 2.24) is 19.4 Å². The molecule has 1 N–H and O–H groups in total. The Hall–Kier alpha value is -4.04. The lowest BCUT2D eigenvalue weighted by Crippen LogP contribution is -2.37. The molecule has 7 rings (SSSR count). The average molecular weight is 607 g/mol. The molecule has 1 aliphatic heterocycles. The number of nitrogens with zero attached hydrogens (tertiary/aromatic N) is 4. The maximum absolute atomic E-state index is 13.5. The highest BCUT2D eigenvalue weighted by Gasteiger charge is 2.25. The van der Waals surface area contributed by atoms with Gasteiger partial charge < -0.3 is 14.6 Å². The summed E-state index contributed by atoms with van der Waals surface area (Å²) in [7, 11) is 0. The van der Waals surface area contributed by atoms with Gasteiger partial charge in [0.25, 0.3) is 0 Å². The van der Waals surface area contributed by atoms with E-state index < -0.39 is 5.97 Å². The average Bonchev–Trinajstić information content (AvgIpc) is 3.58. The number of carboxylic acid groups (broad SMARTS) is 1. The maximum atomic E-state index is 13.5. The molecule has 2 aliphatic rings. The molecular weight excluding hydrogens is 568 g/mol. The third kappa shape index (κ3) is 5.40. The van der Waals surface area contributed by atoms with Crippen LogP contribution in [0.5, 0.6) is 0 Å². The van der Waals surface area contributed by atoms with Gasteiger partial charge in [0.15, 0.2) is 0 Å². The number of fused-ring (bicyclic) bond motifs is 2. The van der Waals surface area contributed by atoms with Gasteiger partial charge in [-0.2, -0.15) is 0 Å². The number of carboxylic acids is 1. The molecule has 0 bridgehead atoms. The Morgan fingerprint density at radius 3 is 2.39 bits per heavy atom. The minimum Gasteiger partial charge on any atom is -0.478 e. The first-order valence-corrected chi connectivity index (χ1v) is 16.7. The van der Waals surface area contributed by atoms with Crippen molar-refractivity contribution in [3.8, 4) is 21.8 Å². The van der Waals surface area contributed by atoms with Gasteiger partial charge in [0.05, 0.1) is 32.4 Å².